The molecule has 0 aliphatic carbocycles. The largest absolute Gasteiger partial charge is 0.462 e. The van der Waals surface area contributed by atoms with Crippen LogP contribution in [0.15, 0.2) is 97.2 Å². The van der Waals surface area contributed by atoms with Crippen LogP contribution in [0.2, 0.25) is 0 Å². The summed E-state index contributed by atoms with van der Waals surface area (Å²) in [6, 6.07) is 0. The highest BCUT2D eigenvalue weighted by molar-refractivity contribution is 5.71. The molecule has 0 N–H and O–H groups in total. The van der Waals surface area contributed by atoms with Gasteiger partial charge in [0.1, 0.15) is 13.2 Å². The van der Waals surface area contributed by atoms with Crippen LogP contribution in [0.4, 0.5) is 0 Å². The number of allylic oxidation sites excluding steroid dienone is 16. The summed E-state index contributed by atoms with van der Waals surface area (Å²) >= 11 is 0. The fourth-order valence-electron chi connectivity index (χ4n) is 7.39. The molecule has 0 aliphatic rings. The van der Waals surface area contributed by atoms with Crippen molar-refractivity contribution >= 4 is 17.9 Å². The Hall–Kier alpha value is -3.67. The predicted octanol–water partition coefficient (Wildman–Crippen LogP) is 18.1. The lowest BCUT2D eigenvalue weighted by Crippen LogP contribution is -2.30. The zero-order valence-electron chi connectivity index (χ0n) is 42.9. The van der Waals surface area contributed by atoms with Gasteiger partial charge in [-0.3, -0.25) is 14.4 Å². The molecule has 66 heavy (non-hydrogen) atoms. The van der Waals surface area contributed by atoms with Gasteiger partial charge in [-0.25, -0.2) is 0 Å². The minimum atomic E-state index is -0.799. The van der Waals surface area contributed by atoms with Crippen LogP contribution in [-0.2, 0) is 28.6 Å². The minimum absolute atomic E-state index is 0.0971. The second kappa shape index (κ2) is 53.9. The predicted molar refractivity (Wildman–Crippen MR) is 284 cm³/mol. The SMILES string of the molecule is CC/C=C/C=C/C=C/C=C/CCCCCC(=O)OCC(COC(=O)CCCCCCCC/C=C/C/C=C/C/C=C/C/C=C/CC)OC(=O)CCCCCCCCCCCCCCCCCC. The van der Waals surface area contributed by atoms with Gasteiger partial charge >= 0.3 is 17.9 Å². The fraction of sp³-hybridized carbons (Fsp3) is 0.683. The van der Waals surface area contributed by atoms with Crippen molar-refractivity contribution in [1.82, 2.24) is 0 Å². The standard InChI is InChI=1S/C60H100O6/c1-4-7-10-13-16-19-22-25-27-29-30-31-33-35-38-41-44-47-50-53-59(62)65-56-57(55-64-58(61)52-49-46-43-40-37-34-24-21-18-15-12-9-6-3)66-60(63)54-51-48-45-42-39-36-32-28-26-23-20-17-14-11-8-5-2/h7,9-10,12,15-16,18-19,21,24-25,27,30-31,34,37,57H,4-6,8,11,13-14,17,20,22-23,26,28-29,32-33,35-36,38-56H2,1-3H3/b10-7+,12-9+,18-15+,19-16+,24-21+,27-25+,31-30+,37-34+. The van der Waals surface area contributed by atoms with E-state index in [4.69, 9.17) is 14.2 Å². The molecule has 376 valence electrons. The van der Waals surface area contributed by atoms with Gasteiger partial charge in [-0.2, -0.15) is 0 Å². The zero-order valence-corrected chi connectivity index (χ0v) is 42.9. The summed E-state index contributed by atoms with van der Waals surface area (Å²) in [4.78, 5) is 38.1. The van der Waals surface area contributed by atoms with Crippen molar-refractivity contribution < 1.29 is 28.6 Å². The number of carbonyl (C=O) groups excluding carboxylic acids is 3. The highest BCUT2D eigenvalue weighted by Gasteiger charge is 2.19. The second-order valence-electron chi connectivity index (χ2n) is 17.8. The van der Waals surface area contributed by atoms with Gasteiger partial charge in [-0.1, -0.05) is 246 Å². The maximum atomic E-state index is 12.8. The molecule has 0 aromatic rings. The van der Waals surface area contributed by atoms with Crippen LogP contribution < -0.4 is 0 Å². The topological polar surface area (TPSA) is 78.9 Å². The first-order chi connectivity index (χ1) is 32.5. The molecule has 0 rings (SSSR count). The Labute approximate surface area is 407 Å². The van der Waals surface area contributed by atoms with Crippen molar-refractivity contribution in [1.29, 1.82) is 0 Å². The van der Waals surface area contributed by atoms with E-state index in [0.717, 1.165) is 109 Å². The van der Waals surface area contributed by atoms with E-state index >= 15 is 0 Å². The Balaban J connectivity index is 4.44. The maximum Gasteiger partial charge on any atom is 0.306 e. The molecule has 0 amide bonds. The van der Waals surface area contributed by atoms with Gasteiger partial charge in [-0.05, 0) is 77.0 Å². The zero-order chi connectivity index (χ0) is 47.9. The summed E-state index contributed by atoms with van der Waals surface area (Å²) in [5.74, 6) is -0.947. The van der Waals surface area contributed by atoms with Crippen LogP contribution in [0.1, 0.15) is 245 Å². The normalized spacial score (nSPS) is 12.8. The number of hydrogen-bond donors (Lipinski definition) is 0. The molecule has 0 aromatic heterocycles. The Bertz CT molecular complexity index is 1330. The molecule has 0 spiro atoms. The fourth-order valence-corrected chi connectivity index (χ4v) is 7.39. The van der Waals surface area contributed by atoms with Crippen molar-refractivity contribution in [2.45, 2.75) is 252 Å². The third-order valence-electron chi connectivity index (χ3n) is 11.4. The lowest BCUT2D eigenvalue weighted by atomic mass is 10.0. The van der Waals surface area contributed by atoms with Gasteiger partial charge in [0.05, 0.1) is 0 Å². The molecular weight excluding hydrogens is 817 g/mol. The smallest absolute Gasteiger partial charge is 0.306 e. The van der Waals surface area contributed by atoms with E-state index in [0.29, 0.717) is 19.3 Å². The van der Waals surface area contributed by atoms with Crippen molar-refractivity contribution in [3.63, 3.8) is 0 Å². The molecule has 0 fully saturated rings. The Morgan fingerprint density at radius 3 is 1.12 bits per heavy atom. The van der Waals surface area contributed by atoms with Crippen LogP contribution in [0.25, 0.3) is 0 Å². The summed E-state index contributed by atoms with van der Waals surface area (Å²) in [7, 11) is 0. The van der Waals surface area contributed by atoms with Gasteiger partial charge in [0, 0.05) is 19.3 Å². The van der Waals surface area contributed by atoms with Crippen LogP contribution >= 0.6 is 0 Å². The highest BCUT2D eigenvalue weighted by atomic mass is 16.6. The Kier molecular flexibility index (Phi) is 50.9. The van der Waals surface area contributed by atoms with Crippen molar-refractivity contribution in [3.8, 4) is 0 Å². The van der Waals surface area contributed by atoms with Crippen LogP contribution in [0.3, 0.4) is 0 Å². The van der Waals surface area contributed by atoms with Gasteiger partial charge in [0.2, 0.25) is 0 Å². The van der Waals surface area contributed by atoms with Gasteiger partial charge in [0.25, 0.3) is 0 Å². The van der Waals surface area contributed by atoms with E-state index in [1.54, 1.807) is 0 Å². The molecule has 0 saturated carbocycles. The molecule has 0 aliphatic heterocycles. The molecule has 0 aromatic carbocycles. The van der Waals surface area contributed by atoms with Crippen molar-refractivity contribution in [2.24, 2.45) is 0 Å². The number of esters is 3. The number of hydrogen-bond acceptors (Lipinski definition) is 6. The van der Waals surface area contributed by atoms with Gasteiger partial charge < -0.3 is 14.2 Å². The van der Waals surface area contributed by atoms with Crippen molar-refractivity contribution in [2.75, 3.05) is 13.2 Å². The summed E-state index contributed by atoms with van der Waals surface area (Å²) in [6.07, 6.45) is 71.1. The van der Waals surface area contributed by atoms with E-state index in [1.165, 1.54) is 96.3 Å². The molecular formula is C60H100O6. The average Bonchev–Trinajstić information content (AvgIpc) is 3.31. The number of ether oxygens (including phenoxy) is 3. The number of unbranched alkanes of at least 4 members (excludes halogenated alkanes) is 24. The summed E-state index contributed by atoms with van der Waals surface area (Å²) in [5, 5.41) is 0. The average molecular weight is 917 g/mol. The van der Waals surface area contributed by atoms with Crippen LogP contribution in [0.5, 0.6) is 0 Å². The van der Waals surface area contributed by atoms with E-state index in [1.807, 2.05) is 36.5 Å². The first-order valence-electron chi connectivity index (χ1n) is 27.3. The number of rotatable bonds is 48. The van der Waals surface area contributed by atoms with Gasteiger partial charge in [-0.15, -0.1) is 0 Å². The summed E-state index contributed by atoms with van der Waals surface area (Å²) in [6.45, 7) is 6.35. The summed E-state index contributed by atoms with van der Waals surface area (Å²) < 4.78 is 16.8. The van der Waals surface area contributed by atoms with E-state index in [2.05, 4.69) is 81.5 Å². The molecule has 1 atom stereocenters. The van der Waals surface area contributed by atoms with Gasteiger partial charge in [0.15, 0.2) is 6.10 Å². The Morgan fingerprint density at radius 1 is 0.333 bits per heavy atom. The third kappa shape index (κ3) is 51.3. The van der Waals surface area contributed by atoms with Crippen LogP contribution in [-0.4, -0.2) is 37.2 Å². The lowest BCUT2D eigenvalue weighted by Gasteiger charge is -2.18. The summed E-state index contributed by atoms with van der Waals surface area (Å²) in [5.41, 5.74) is 0. The molecule has 0 heterocycles. The van der Waals surface area contributed by atoms with E-state index < -0.39 is 6.10 Å². The maximum absolute atomic E-state index is 12.8. The molecule has 0 saturated heterocycles. The molecule has 0 bridgehead atoms. The third-order valence-corrected chi connectivity index (χ3v) is 11.4. The molecule has 0 radical (unpaired) electrons. The first-order valence-corrected chi connectivity index (χ1v) is 27.3. The highest BCUT2D eigenvalue weighted by Crippen LogP contribution is 2.15. The molecule has 6 nitrogen and oxygen atoms in total. The molecule has 6 heteroatoms. The Morgan fingerprint density at radius 2 is 0.667 bits per heavy atom. The quantitative estimate of drug-likeness (QED) is 0.0199. The lowest BCUT2D eigenvalue weighted by molar-refractivity contribution is -0.167. The van der Waals surface area contributed by atoms with E-state index in [-0.39, 0.29) is 31.1 Å². The second-order valence-corrected chi connectivity index (χ2v) is 17.8. The number of carbonyl (C=O) groups is 3. The van der Waals surface area contributed by atoms with Crippen LogP contribution in [0, 0.1) is 0 Å². The first kappa shape index (κ1) is 62.3. The van der Waals surface area contributed by atoms with Crippen molar-refractivity contribution in [3.05, 3.63) is 97.2 Å². The molecule has 1 unspecified atom stereocenters. The van der Waals surface area contributed by atoms with E-state index in [9.17, 15) is 14.4 Å². The minimum Gasteiger partial charge on any atom is -0.462 e. The monoisotopic (exact) mass is 917 g/mol.